The summed E-state index contributed by atoms with van der Waals surface area (Å²) in [5, 5.41) is 10.4. The molecule has 2 rings (SSSR count). The first kappa shape index (κ1) is 20.0. The number of cyclic esters (lactones) is 1. The van der Waals surface area contributed by atoms with Crippen molar-refractivity contribution in [1.82, 2.24) is 4.90 Å². The number of hydrogen-bond acceptors (Lipinski definition) is 3. The van der Waals surface area contributed by atoms with Crippen LogP contribution in [0.2, 0.25) is 0 Å². The molecule has 0 bridgehead atoms. The average Bonchev–Trinajstić information content (AvgIpc) is 2.58. The summed E-state index contributed by atoms with van der Waals surface area (Å²) in [6.07, 6.45) is 5.83. The molecule has 140 valence electrons. The molecule has 0 aromatic heterocycles. The second-order valence-corrected chi connectivity index (χ2v) is 7.44. The predicted molar refractivity (Wildman–Crippen MR) is 105 cm³/mol. The van der Waals surface area contributed by atoms with Crippen molar-refractivity contribution in [2.45, 2.75) is 50.9 Å². The summed E-state index contributed by atoms with van der Waals surface area (Å²) in [5.41, 5.74) is 0.0300. The van der Waals surface area contributed by atoms with Crippen molar-refractivity contribution in [2.24, 2.45) is 0 Å². The smallest absolute Gasteiger partial charge is 0.411 e. The molecule has 0 aliphatic carbocycles. The van der Waals surface area contributed by atoms with Gasteiger partial charge in [0.15, 0.2) is 0 Å². The maximum absolute atomic E-state index is 12.9. The topological polar surface area (TPSA) is 49.8 Å². The molecule has 1 amide bonds. The third kappa shape index (κ3) is 4.44. The summed E-state index contributed by atoms with van der Waals surface area (Å²) in [4.78, 5) is 14.6. The summed E-state index contributed by atoms with van der Waals surface area (Å²) in [6, 6.07) is 9.51. The van der Waals surface area contributed by atoms with E-state index in [-0.39, 0.29) is 12.1 Å². The minimum Gasteiger partial charge on any atom is -0.438 e. The highest BCUT2D eigenvalue weighted by Crippen LogP contribution is 2.41. The molecular weight excluding hydrogens is 326 g/mol. The van der Waals surface area contributed by atoms with E-state index >= 15 is 0 Å². The highest BCUT2D eigenvalue weighted by Gasteiger charge is 2.46. The van der Waals surface area contributed by atoms with Crippen molar-refractivity contribution >= 4 is 6.09 Å². The van der Waals surface area contributed by atoms with Gasteiger partial charge in [-0.25, -0.2) is 4.79 Å². The molecule has 0 saturated carbocycles. The molecule has 1 aliphatic heterocycles. The number of ether oxygens (including phenoxy) is 1. The summed E-state index contributed by atoms with van der Waals surface area (Å²) >= 11 is 0. The number of aliphatic hydroxyl groups is 1. The molecular formula is C22H29NO3. The van der Waals surface area contributed by atoms with Gasteiger partial charge < -0.3 is 14.7 Å². The fraction of sp³-hybridized carbons (Fsp3) is 0.409. The molecule has 1 N–H and O–H groups in total. The Morgan fingerprint density at radius 3 is 2.54 bits per heavy atom. The maximum Gasteiger partial charge on any atom is 0.411 e. The molecule has 1 saturated heterocycles. The average molecular weight is 355 g/mol. The van der Waals surface area contributed by atoms with Gasteiger partial charge in [-0.15, -0.1) is 0 Å². The van der Waals surface area contributed by atoms with Crippen molar-refractivity contribution in [1.29, 1.82) is 0 Å². The van der Waals surface area contributed by atoms with Gasteiger partial charge in [0.05, 0.1) is 11.6 Å². The SMILES string of the molecule is C=CC=C(C=C)C(C)N1CCC(CC(C)(C)O)(c2ccccc2)OC1=O. The van der Waals surface area contributed by atoms with Gasteiger partial charge >= 0.3 is 6.09 Å². The zero-order valence-corrected chi connectivity index (χ0v) is 15.9. The highest BCUT2D eigenvalue weighted by molar-refractivity contribution is 5.70. The van der Waals surface area contributed by atoms with E-state index in [2.05, 4.69) is 13.2 Å². The van der Waals surface area contributed by atoms with Crippen molar-refractivity contribution in [3.63, 3.8) is 0 Å². The third-order valence-corrected chi connectivity index (χ3v) is 4.79. The van der Waals surface area contributed by atoms with Crippen LogP contribution in [0.25, 0.3) is 0 Å². The molecule has 0 spiro atoms. The van der Waals surface area contributed by atoms with Crippen molar-refractivity contribution in [3.05, 3.63) is 72.9 Å². The summed E-state index contributed by atoms with van der Waals surface area (Å²) in [7, 11) is 0. The molecule has 1 fully saturated rings. The van der Waals surface area contributed by atoms with Crippen LogP contribution in [0.15, 0.2) is 67.3 Å². The van der Waals surface area contributed by atoms with E-state index in [1.807, 2.05) is 43.3 Å². The Labute approximate surface area is 156 Å². The number of rotatable bonds is 7. The van der Waals surface area contributed by atoms with Gasteiger partial charge in [-0.2, -0.15) is 0 Å². The van der Waals surface area contributed by atoms with E-state index in [0.29, 0.717) is 19.4 Å². The second kappa shape index (κ2) is 7.92. The van der Waals surface area contributed by atoms with Gasteiger partial charge in [0.25, 0.3) is 0 Å². The van der Waals surface area contributed by atoms with E-state index in [0.717, 1.165) is 11.1 Å². The standard InChI is InChI=1S/C22H29NO3/c1-6-11-18(7-2)17(3)23-15-14-22(26-20(23)24,16-21(4,5)25)19-12-9-8-10-13-19/h6-13,17,25H,1-2,14-16H2,3-5H3. The summed E-state index contributed by atoms with van der Waals surface area (Å²) in [6.45, 7) is 13.5. The zero-order valence-electron chi connectivity index (χ0n) is 15.9. The lowest BCUT2D eigenvalue weighted by molar-refractivity contribution is -0.0989. The monoisotopic (exact) mass is 355 g/mol. The van der Waals surface area contributed by atoms with E-state index in [1.54, 1.807) is 30.9 Å². The van der Waals surface area contributed by atoms with Crippen LogP contribution in [0.1, 0.15) is 39.2 Å². The molecule has 4 nitrogen and oxygen atoms in total. The Morgan fingerprint density at radius 2 is 2.04 bits per heavy atom. The number of nitrogens with zero attached hydrogens (tertiary/aromatic N) is 1. The molecule has 2 unspecified atom stereocenters. The van der Waals surface area contributed by atoms with Crippen molar-refractivity contribution in [2.75, 3.05) is 6.54 Å². The van der Waals surface area contributed by atoms with Gasteiger partial charge in [0, 0.05) is 19.4 Å². The minimum atomic E-state index is -0.959. The first-order chi connectivity index (χ1) is 12.2. The summed E-state index contributed by atoms with van der Waals surface area (Å²) < 4.78 is 5.98. The lowest BCUT2D eigenvalue weighted by Gasteiger charge is -2.45. The van der Waals surface area contributed by atoms with E-state index < -0.39 is 11.2 Å². The Bertz CT molecular complexity index is 687. The van der Waals surface area contributed by atoms with Crippen LogP contribution in [0.3, 0.4) is 0 Å². The third-order valence-electron chi connectivity index (χ3n) is 4.79. The fourth-order valence-corrected chi connectivity index (χ4v) is 3.59. The van der Waals surface area contributed by atoms with Crippen LogP contribution in [-0.4, -0.2) is 34.3 Å². The van der Waals surface area contributed by atoms with Crippen molar-refractivity contribution < 1.29 is 14.6 Å². The Hall–Kier alpha value is -2.33. The van der Waals surface area contributed by atoms with Crippen LogP contribution in [0, 0.1) is 0 Å². The maximum atomic E-state index is 12.9. The molecule has 1 aliphatic rings. The molecule has 1 heterocycles. The zero-order chi connectivity index (χ0) is 19.4. The van der Waals surface area contributed by atoms with Crippen LogP contribution in [-0.2, 0) is 10.3 Å². The molecule has 4 heteroatoms. The quantitative estimate of drug-likeness (QED) is 0.729. The van der Waals surface area contributed by atoms with Gasteiger partial charge in [-0.1, -0.05) is 61.7 Å². The van der Waals surface area contributed by atoms with Gasteiger partial charge in [-0.3, -0.25) is 0 Å². The lowest BCUT2D eigenvalue weighted by Crippen LogP contribution is -2.53. The molecule has 1 aromatic carbocycles. The van der Waals surface area contributed by atoms with Crippen LogP contribution in [0.5, 0.6) is 0 Å². The first-order valence-electron chi connectivity index (χ1n) is 8.95. The number of carbonyl (C=O) groups is 1. The fourth-order valence-electron chi connectivity index (χ4n) is 3.59. The van der Waals surface area contributed by atoms with Crippen LogP contribution < -0.4 is 0 Å². The van der Waals surface area contributed by atoms with Gasteiger partial charge in [0.1, 0.15) is 5.60 Å². The highest BCUT2D eigenvalue weighted by atomic mass is 16.6. The first-order valence-corrected chi connectivity index (χ1v) is 8.95. The number of amides is 1. The van der Waals surface area contributed by atoms with E-state index in [9.17, 15) is 9.90 Å². The number of carbonyl (C=O) groups excluding carboxylic acids is 1. The number of benzene rings is 1. The Kier molecular flexibility index (Phi) is 6.09. The number of allylic oxidation sites excluding steroid dienone is 2. The Balaban J connectivity index is 2.32. The molecule has 26 heavy (non-hydrogen) atoms. The predicted octanol–water partition coefficient (Wildman–Crippen LogP) is 4.57. The van der Waals surface area contributed by atoms with Crippen molar-refractivity contribution in [3.8, 4) is 0 Å². The minimum absolute atomic E-state index is 0.158. The largest absolute Gasteiger partial charge is 0.438 e. The van der Waals surface area contributed by atoms with Gasteiger partial charge in [0.2, 0.25) is 0 Å². The van der Waals surface area contributed by atoms with Crippen LogP contribution in [0.4, 0.5) is 4.79 Å². The molecule has 0 radical (unpaired) electrons. The second-order valence-electron chi connectivity index (χ2n) is 7.44. The Morgan fingerprint density at radius 1 is 1.38 bits per heavy atom. The summed E-state index contributed by atoms with van der Waals surface area (Å²) in [5.74, 6) is 0. The van der Waals surface area contributed by atoms with E-state index in [4.69, 9.17) is 4.74 Å². The molecule has 2 atom stereocenters. The molecule has 1 aromatic rings. The van der Waals surface area contributed by atoms with Gasteiger partial charge in [-0.05, 0) is 31.9 Å². The number of hydrogen-bond donors (Lipinski definition) is 1. The lowest BCUT2D eigenvalue weighted by atomic mass is 9.80. The van der Waals surface area contributed by atoms with E-state index in [1.165, 1.54) is 0 Å². The van der Waals surface area contributed by atoms with Crippen LogP contribution >= 0.6 is 0 Å². The normalized spacial score (nSPS) is 22.5.